The number of carbonyl (C=O) groups is 1. The molecule has 9 nitrogen and oxygen atoms in total. The van der Waals surface area contributed by atoms with E-state index in [1.165, 1.54) is 82.6 Å². The number of unbranched alkanes of at least 4 members (excludes halogenated alkanes) is 18. The van der Waals surface area contributed by atoms with Gasteiger partial charge >= 0.3 is 0 Å². The third-order valence-electron chi connectivity index (χ3n) is 17.3. The molecule has 8 atom stereocenters. The van der Waals surface area contributed by atoms with Crippen molar-refractivity contribution in [1.82, 2.24) is 5.32 Å². The predicted molar refractivity (Wildman–Crippen MR) is 354 cm³/mol. The van der Waals surface area contributed by atoms with E-state index in [0.29, 0.717) is 52.5 Å². The Hall–Kier alpha value is -5.56. The molecule has 0 heterocycles. The van der Waals surface area contributed by atoms with Gasteiger partial charge in [-0.05, 0) is 77.6 Å². The summed E-state index contributed by atoms with van der Waals surface area (Å²) in [7, 11) is 1.74. The Morgan fingerprint density at radius 3 is 1.36 bits per heavy atom. The Balaban J connectivity index is 1.13. The van der Waals surface area contributed by atoms with Crippen LogP contribution in [-0.4, -0.2) is 68.9 Å². The molecule has 7 rings (SSSR count). The molecular formula is C78H106FNO8. The molecule has 1 amide bonds. The van der Waals surface area contributed by atoms with Gasteiger partial charge in [-0.25, -0.2) is 4.39 Å². The fourth-order valence-corrected chi connectivity index (χ4v) is 12.3. The van der Waals surface area contributed by atoms with Crippen LogP contribution in [0.2, 0.25) is 0 Å². The molecule has 6 aromatic rings. The third-order valence-corrected chi connectivity index (χ3v) is 17.3. The first-order chi connectivity index (χ1) is 43.4. The van der Waals surface area contributed by atoms with Crippen molar-refractivity contribution in [1.29, 1.82) is 0 Å². The Morgan fingerprint density at radius 2 is 0.875 bits per heavy atom. The van der Waals surface area contributed by atoms with E-state index in [9.17, 15) is 9.18 Å². The van der Waals surface area contributed by atoms with Gasteiger partial charge in [-0.15, -0.1) is 0 Å². The minimum Gasteiger partial charge on any atom is -0.384 e. The monoisotopic (exact) mass is 1200 g/mol. The lowest BCUT2D eigenvalue weighted by molar-refractivity contribution is -0.234. The SMILES string of the molecule is CCCCCCCCCCCCCC[C@@H](OCc1ccccc1)[C@@H](OCc1ccccc1)[C@H](CO[C@H]1C[C@H](COC)[C@H](OCc2ccccc2)[C@H](OCc2ccccc2)[C@H]1OCc1ccccc1)NC(=O)CCCCCCCCCCc1ccc(F)cc1. The molecule has 88 heavy (non-hydrogen) atoms. The van der Waals surface area contributed by atoms with E-state index in [4.69, 9.17) is 33.2 Å². The van der Waals surface area contributed by atoms with Gasteiger partial charge < -0.3 is 38.5 Å². The molecule has 6 aromatic carbocycles. The van der Waals surface area contributed by atoms with Crippen LogP contribution in [0.5, 0.6) is 0 Å². The van der Waals surface area contributed by atoms with E-state index < -0.39 is 36.6 Å². The topological polar surface area (TPSA) is 93.7 Å². The number of ether oxygens (including phenoxy) is 7. The molecule has 10 heteroatoms. The van der Waals surface area contributed by atoms with Crippen LogP contribution in [0, 0.1) is 11.7 Å². The van der Waals surface area contributed by atoms with Gasteiger partial charge in [-0.3, -0.25) is 4.79 Å². The Bertz CT molecular complexity index is 2650. The molecule has 0 saturated heterocycles. The summed E-state index contributed by atoms with van der Waals surface area (Å²) in [5, 5.41) is 3.56. The molecule has 1 saturated carbocycles. The van der Waals surface area contributed by atoms with Crippen molar-refractivity contribution in [3.63, 3.8) is 0 Å². The maximum atomic E-state index is 14.7. The van der Waals surface area contributed by atoms with Crippen LogP contribution >= 0.6 is 0 Å². The maximum absolute atomic E-state index is 14.7. The number of hydrogen-bond acceptors (Lipinski definition) is 8. The first-order valence-corrected chi connectivity index (χ1v) is 33.9. The smallest absolute Gasteiger partial charge is 0.220 e. The summed E-state index contributed by atoms with van der Waals surface area (Å²) in [6.07, 6.45) is 23.4. The van der Waals surface area contributed by atoms with Crippen molar-refractivity contribution < 1.29 is 42.3 Å². The summed E-state index contributed by atoms with van der Waals surface area (Å²) in [4.78, 5) is 14.7. The molecule has 478 valence electrons. The summed E-state index contributed by atoms with van der Waals surface area (Å²) < 4.78 is 62.5. The highest BCUT2D eigenvalue weighted by atomic mass is 19.1. The number of halogens is 1. The number of aryl methyl sites for hydroxylation is 1. The average Bonchev–Trinajstić information content (AvgIpc) is 1.67. The first kappa shape index (κ1) is 69.9. The quantitative estimate of drug-likeness (QED) is 0.0378. The molecular weight excluding hydrogens is 1100 g/mol. The Kier molecular flexibility index (Phi) is 34.3. The van der Waals surface area contributed by atoms with Gasteiger partial charge in [0.1, 0.15) is 24.1 Å². The number of nitrogens with one attached hydrogen (secondary N) is 1. The largest absolute Gasteiger partial charge is 0.384 e. The highest BCUT2D eigenvalue weighted by molar-refractivity contribution is 5.76. The fraction of sp³-hybridized carbons (Fsp3) is 0.526. The zero-order valence-corrected chi connectivity index (χ0v) is 53.4. The average molecular weight is 1200 g/mol. The van der Waals surface area contributed by atoms with Gasteiger partial charge in [0.15, 0.2) is 0 Å². The molecule has 0 aliphatic heterocycles. The minimum absolute atomic E-state index is 0.0221. The molecule has 0 aromatic heterocycles. The van der Waals surface area contributed by atoms with Gasteiger partial charge in [-0.2, -0.15) is 0 Å². The second kappa shape index (κ2) is 43.2. The van der Waals surface area contributed by atoms with Crippen molar-refractivity contribution in [3.8, 4) is 0 Å². The van der Waals surface area contributed by atoms with E-state index in [1.807, 2.05) is 91.0 Å². The summed E-state index contributed by atoms with van der Waals surface area (Å²) in [5.74, 6) is -0.329. The van der Waals surface area contributed by atoms with Crippen LogP contribution in [0.3, 0.4) is 0 Å². The second-order valence-electron chi connectivity index (χ2n) is 24.5. The highest BCUT2D eigenvalue weighted by Crippen LogP contribution is 2.36. The Labute approximate surface area is 529 Å². The van der Waals surface area contributed by atoms with E-state index in [1.54, 1.807) is 19.2 Å². The predicted octanol–water partition coefficient (Wildman–Crippen LogP) is 18.4. The second-order valence-corrected chi connectivity index (χ2v) is 24.5. The molecule has 0 spiro atoms. The van der Waals surface area contributed by atoms with Crippen LogP contribution in [-0.2, 0) is 77.4 Å². The van der Waals surface area contributed by atoms with Gasteiger partial charge in [-0.1, -0.05) is 286 Å². The molecule has 1 N–H and O–H groups in total. The van der Waals surface area contributed by atoms with Gasteiger partial charge in [0.25, 0.3) is 0 Å². The van der Waals surface area contributed by atoms with Gasteiger partial charge in [0.2, 0.25) is 5.91 Å². The van der Waals surface area contributed by atoms with Crippen molar-refractivity contribution in [2.24, 2.45) is 5.92 Å². The van der Waals surface area contributed by atoms with E-state index in [2.05, 4.69) is 85.0 Å². The Morgan fingerprint density at radius 1 is 0.455 bits per heavy atom. The number of amides is 1. The van der Waals surface area contributed by atoms with Crippen LogP contribution in [0.15, 0.2) is 176 Å². The maximum Gasteiger partial charge on any atom is 0.220 e. The van der Waals surface area contributed by atoms with Gasteiger partial charge in [0, 0.05) is 19.4 Å². The van der Waals surface area contributed by atoms with Gasteiger partial charge in [0.05, 0.1) is 70.6 Å². The minimum atomic E-state index is -0.587. The van der Waals surface area contributed by atoms with Crippen LogP contribution in [0.25, 0.3) is 0 Å². The highest BCUT2D eigenvalue weighted by Gasteiger charge is 2.48. The zero-order valence-electron chi connectivity index (χ0n) is 53.4. The van der Waals surface area contributed by atoms with Crippen LogP contribution in [0.1, 0.15) is 188 Å². The van der Waals surface area contributed by atoms with Crippen molar-refractivity contribution in [3.05, 3.63) is 215 Å². The number of hydrogen-bond donors (Lipinski definition) is 1. The number of benzene rings is 6. The summed E-state index contributed by atoms with van der Waals surface area (Å²) >= 11 is 0. The van der Waals surface area contributed by atoms with Crippen LogP contribution < -0.4 is 5.32 Å². The molecule has 0 radical (unpaired) electrons. The standard InChI is InChI=1S/C78H106FNO8/c1-3-4-5-6-7-8-9-10-11-15-18-36-49-72(83-56-64-39-26-20-27-40-64)76(86-58-66-43-30-22-31-44-66)71(80-74(81)50-37-19-16-13-12-14-17-25-38-63-51-53-70(79)54-52-63)62-84-73-55-69(61-82-2)75(85-57-65-41-28-21-29-42-65)78(88-60-68-47-34-24-35-48-68)77(73)87-59-67-45-32-23-33-46-67/h20-24,26-35,39-48,51-54,69,71-73,75-78H,3-19,25,36-38,49-50,55-62H2,1-2H3,(H,80,81)/t69-,71+,72-,73+,75+,76+,77+,78+/m1/s1. The third kappa shape index (κ3) is 27.3. The summed E-state index contributed by atoms with van der Waals surface area (Å²) in [6, 6.07) is 57.8. The zero-order chi connectivity index (χ0) is 61.3. The number of rotatable bonds is 47. The lowest BCUT2D eigenvalue weighted by Crippen LogP contribution is -2.59. The molecule has 1 aliphatic carbocycles. The fourth-order valence-electron chi connectivity index (χ4n) is 12.3. The van der Waals surface area contributed by atoms with E-state index >= 15 is 0 Å². The van der Waals surface area contributed by atoms with E-state index in [-0.39, 0.29) is 30.4 Å². The first-order valence-electron chi connectivity index (χ1n) is 33.9. The van der Waals surface area contributed by atoms with Crippen molar-refractivity contribution in [2.75, 3.05) is 20.3 Å². The van der Waals surface area contributed by atoms with Crippen molar-refractivity contribution in [2.45, 2.75) is 237 Å². The normalized spacial score (nSPS) is 17.8. The molecule has 1 aliphatic rings. The molecule has 1 fully saturated rings. The number of methoxy groups -OCH3 is 1. The molecule has 0 unspecified atom stereocenters. The van der Waals surface area contributed by atoms with Crippen molar-refractivity contribution >= 4 is 5.91 Å². The van der Waals surface area contributed by atoms with Crippen LogP contribution in [0.4, 0.5) is 4.39 Å². The number of carbonyl (C=O) groups excluding carboxylic acids is 1. The molecule has 0 bridgehead atoms. The summed E-state index contributed by atoms with van der Waals surface area (Å²) in [6.45, 7) is 4.68. The lowest BCUT2D eigenvalue weighted by atomic mass is 9.80. The lowest BCUT2D eigenvalue weighted by Gasteiger charge is -2.46. The van der Waals surface area contributed by atoms with E-state index in [0.717, 1.165) is 92.0 Å². The summed E-state index contributed by atoms with van der Waals surface area (Å²) in [5.41, 5.74) is 6.47.